The third-order valence-electron chi connectivity index (χ3n) is 5.54. The number of aromatic nitrogens is 4. The van der Waals surface area contributed by atoms with Gasteiger partial charge in [-0.15, -0.1) is 10.2 Å². The molecule has 32 heavy (non-hydrogen) atoms. The van der Waals surface area contributed by atoms with Crippen molar-refractivity contribution in [3.05, 3.63) is 63.9 Å². The van der Waals surface area contributed by atoms with Crippen molar-refractivity contribution in [3.63, 3.8) is 0 Å². The van der Waals surface area contributed by atoms with Crippen LogP contribution < -0.4 is 10.9 Å². The van der Waals surface area contributed by atoms with Gasteiger partial charge in [-0.25, -0.2) is 9.36 Å². The molecule has 2 aromatic carbocycles. The van der Waals surface area contributed by atoms with E-state index in [1.165, 1.54) is 16.7 Å². The van der Waals surface area contributed by atoms with Gasteiger partial charge in [-0.3, -0.25) is 18.9 Å². The summed E-state index contributed by atoms with van der Waals surface area (Å²) >= 11 is 1.19. The van der Waals surface area contributed by atoms with Crippen LogP contribution in [0.1, 0.15) is 11.1 Å². The van der Waals surface area contributed by atoms with Gasteiger partial charge in [-0.1, -0.05) is 42.1 Å². The number of fused-ring (bicyclic) bond motifs is 3. The fraction of sp³-hybridized carbons (Fsp3) is 0.227. The second-order valence-corrected chi connectivity index (χ2v) is 8.52. The molecular formula is C22H20N6O3S. The molecule has 0 radical (unpaired) electrons. The van der Waals surface area contributed by atoms with Gasteiger partial charge in [0, 0.05) is 13.1 Å². The lowest BCUT2D eigenvalue weighted by molar-refractivity contribution is -0.124. The Morgan fingerprint density at radius 1 is 1.06 bits per heavy atom. The third kappa shape index (κ3) is 3.14. The van der Waals surface area contributed by atoms with Crippen LogP contribution in [-0.2, 0) is 4.79 Å². The zero-order valence-corrected chi connectivity index (χ0v) is 18.3. The van der Waals surface area contributed by atoms with E-state index in [1.54, 1.807) is 15.0 Å². The molecule has 0 spiro atoms. The lowest BCUT2D eigenvalue weighted by atomic mass is 10.1. The molecule has 2 aromatic heterocycles. The van der Waals surface area contributed by atoms with Crippen molar-refractivity contribution in [2.45, 2.75) is 19.0 Å². The Morgan fingerprint density at radius 2 is 1.81 bits per heavy atom. The van der Waals surface area contributed by atoms with E-state index in [0.717, 1.165) is 16.8 Å². The van der Waals surface area contributed by atoms with Crippen LogP contribution in [0.4, 0.5) is 4.79 Å². The fourth-order valence-corrected chi connectivity index (χ4v) is 4.86. The lowest BCUT2D eigenvalue weighted by Crippen LogP contribution is -2.35. The maximum absolute atomic E-state index is 13.5. The Balaban J connectivity index is 1.67. The first-order valence-electron chi connectivity index (χ1n) is 10.1. The SMILES string of the molecule is Cc1cccc(C)c1-n1c(=O)c2ccccc2n2c(SCC(=O)N3CCNC3=O)nnc12. The van der Waals surface area contributed by atoms with Crippen LogP contribution in [0.25, 0.3) is 22.4 Å². The van der Waals surface area contributed by atoms with Crippen LogP contribution in [0.3, 0.4) is 0 Å². The topological polar surface area (TPSA) is 102 Å². The molecule has 9 nitrogen and oxygen atoms in total. The van der Waals surface area contributed by atoms with Crippen LogP contribution in [0.15, 0.2) is 52.4 Å². The number of nitrogens with zero attached hydrogens (tertiary/aromatic N) is 5. The largest absolute Gasteiger partial charge is 0.336 e. The number of carbonyl (C=O) groups is 2. The van der Waals surface area contributed by atoms with Crippen molar-refractivity contribution in [1.29, 1.82) is 0 Å². The smallest absolute Gasteiger partial charge is 0.324 e. The van der Waals surface area contributed by atoms with E-state index in [0.29, 0.717) is 34.9 Å². The molecule has 3 amide bonds. The highest BCUT2D eigenvalue weighted by molar-refractivity contribution is 7.99. The minimum Gasteiger partial charge on any atom is -0.336 e. The predicted molar refractivity (Wildman–Crippen MR) is 121 cm³/mol. The summed E-state index contributed by atoms with van der Waals surface area (Å²) in [4.78, 5) is 39.0. The van der Waals surface area contributed by atoms with Crippen molar-refractivity contribution >= 4 is 40.4 Å². The summed E-state index contributed by atoms with van der Waals surface area (Å²) in [5.41, 5.74) is 3.13. The van der Waals surface area contributed by atoms with Crippen LogP contribution in [-0.4, -0.2) is 54.8 Å². The Labute approximate surface area is 187 Å². The number of para-hydroxylation sites is 2. The second-order valence-electron chi connectivity index (χ2n) is 7.58. The Hall–Kier alpha value is -3.66. The number of aryl methyl sites for hydroxylation is 2. The predicted octanol–water partition coefficient (Wildman–Crippen LogP) is 2.29. The number of hydrogen-bond acceptors (Lipinski definition) is 6. The zero-order chi connectivity index (χ0) is 22.4. The van der Waals surface area contributed by atoms with Gasteiger partial charge in [0.15, 0.2) is 5.16 Å². The van der Waals surface area contributed by atoms with Gasteiger partial charge in [0.25, 0.3) is 5.56 Å². The first-order chi connectivity index (χ1) is 15.5. The lowest BCUT2D eigenvalue weighted by Gasteiger charge is -2.15. The highest BCUT2D eigenvalue weighted by atomic mass is 32.2. The first-order valence-corrected chi connectivity index (χ1v) is 11.1. The summed E-state index contributed by atoms with van der Waals surface area (Å²) in [5, 5.41) is 12.2. The van der Waals surface area contributed by atoms with Crippen molar-refractivity contribution in [3.8, 4) is 5.69 Å². The second kappa shape index (κ2) is 7.79. The molecule has 1 aliphatic rings. The number of imide groups is 1. The van der Waals surface area contributed by atoms with Gasteiger partial charge in [-0.05, 0) is 37.1 Å². The number of thioether (sulfide) groups is 1. The molecule has 4 aromatic rings. The number of urea groups is 1. The maximum Gasteiger partial charge on any atom is 0.324 e. The number of carbonyl (C=O) groups excluding carboxylic acids is 2. The van der Waals surface area contributed by atoms with E-state index in [2.05, 4.69) is 15.5 Å². The van der Waals surface area contributed by atoms with E-state index in [1.807, 2.05) is 50.2 Å². The number of rotatable bonds is 4. The van der Waals surface area contributed by atoms with Gasteiger partial charge in [0.2, 0.25) is 11.7 Å². The normalized spacial score (nSPS) is 13.8. The van der Waals surface area contributed by atoms with Crippen LogP contribution in [0, 0.1) is 13.8 Å². The van der Waals surface area contributed by atoms with Crippen molar-refractivity contribution in [1.82, 2.24) is 29.4 Å². The summed E-state index contributed by atoms with van der Waals surface area (Å²) in [6, 6.07) is 12.7. The maximum atomic E-state index is 13.5. The minimum atomic E-state index is -0.379. The van der Waals surface area contributed by atoms with Crippen molar-refractivity contribution in [2.24, 2.45) is 0 Å². The van der Waals surface area contributed by atoms with Crippen LogP contribution >= 0.6 is 11.8 Å². The summed E-state index contributed by atoms with van der Waals surface area (Å²) in [6.45, 7) is 4.71. The van der Waals surface area contributed by atoms with E-state index < -0.39 is 0 Å². The van der Waals surface area contributed by atoms with Crippen molar-refractivity contribution < 1.29 is 9.59 Å². The number of amides is 3. The van der Waals surface area contributed by atoms with Gasteiger partial charge >= 0.3 is 6.03 Å². The quantitative estimate of drug-likeness (QED) is 0.481. The molecule has 0 aliphatic carbocycles. The summed E-state index contributed by atoms with van der Waals surface area (Å²) in [7, 11) is 0. The molecule has 3 heterocycles. The highest BCUT2D eigenvalue weighted by Crippen LogP contribution is 2.26. The molecule has 5 rings (SSSR count). The van der Waals surface area contributed by atoms with Gasteiger partial charge in [-0.2, -0.15) is 0 Å². The Bertz CT molecular complexity index is 1440. The Morgan fingerprint density at radius 3 is 2.53 bits per heavy atom. The number of nitrogens with one attached hydrogen (secondary N) is 1. The molecule has 10 heteroatoms. The van der Waals surface area contributed by atoms with Crippen LogP contribution in [0.5, 0.6) is 0 Å². The standard InChI is InChI=1S/C22H20N6O3S/c1-13-6-5-7-14(2)18(13)28-19(30)15-8-3-4-9-16(15)27-20(28)24-25-22(27)32-12-17(29)26-11-10-23-21(26)31/h3-9H,10-12H2,1-2H3,(H,23,31). The monoisotopic (exact) mass is 448 g/mol. The van der Waals surface area contributed by atoms with E-state index in [-0.39, 0.29) is 23.3 Å². The molecule has 1 N–H and O–H groups in total. The molecule has 1 fully saturated rings. The first kappa shape index (κ1) is 20.3. The van der Waals surface area contributed by atoms with Gasteiger partial charge < -0.3 is 5.32 Å². The zero-order valence-electron chi connectivity index (χ0n) is 17.5. The molecular weight excluding hydrogens is 428 g/mol. The fourth-order valence-electron chi connectivity index (χ4n) is 4.05. The van der Waals surface area contributed by atoms with Gasteiger partial charge in [0.1, 0.15) is 0 Å². The van der Waals surface area contributed by atoms with Crippen molar-refractivity contribution in [2.75, 3.05) is 18.8 Å². The molecule has 0 saturated carbocycles. The third-order valence-corrected chi connectivity index (χ3v) is 6.45. The average molecular weight is 449 g/mol. The minimum absolute atomic E-state index is 0.0328. The molecule has 1 saturated heterocycles. The van der Waals surface area contributed by atoms with E-state index in [9.17, 15) is 14.4 Å². The highest BCUT2D eigenvalue weighted by Gasteiger charge is 2.27. The molecule has 0 unspecified atom stereocenters. The van der Waals surface area contributed by atoms with E-state index in [4.69, 9.17) is 0 Å². The summed E-state index contributed by atoms with van der Waals surface area (Å²) in [6.07, 6.45) is 0. The van der Waals surface area contributed by atoms with Gasteiger partial charge in [0.05, 0.1) is 22.3 Å². The average Bonchev–Trinajstić information content (AvgIpc) is 3.40. The Kier molecular flexibility index (Phi) is 4.93. The number of hydrogen-bond donors (Lipinski definition) is 1. The summed E-state index contributed by atoms with van der Waals surface area (Å²) < 4.78 is 3.38. The molecule has 0 bridgehead atoms. The number of benzene rings is 2. The molecule has 162 valence electrons. The molecule has 1 aliphatic heterocycles. The van der Waals surface area contributed by atoms with E-state index >= 15 is 0 Å². The summed E-state index contributed by atoms with van der Waals surface area (Å²) in [5.74, 6) is 0.111. The van der Waals surface area contributed by atoms with Crippen LogP contribution in [0.2, 0.25) is 0 Å². The molecule has 0 atom stereocenters.